The monoisotopic (exact) mass is 544 g/mol. The van der Waals surface area contributed by atoms with Gasteiger partial charge < -0.3 is 15.1 Å². The maximum Gasteiger partial charge on any atom is 0.193 e. The number of aromatic nitrogens is 3. The Labute approximate surface area is 204 Å². The van der Waals surface area contributed by atoms with Gasteiger partial charge >= 0.3 is 0 Å². The molecule has 3 fully saturated rings. The van der Waals surface area contributed by atoms with Crippen LogP contribution in [-0.2, 0) is 0 Å². The largest absolute Gasteiger partial charge is 0.357 e. The fourth-order valence-corrected chi connectivity index (χ4v) is 5.40. The van der Waals surface area contributed by atoms with E-state index >= 15 is 0 Å². The van der Waals surface area contributed by atoms with Gasteiger partial charge in [0, 0.05) is 31.1 Å². The molecule has 8 nitrogen and oxygen atoms in total. The second kappa shape index (κ2) is 11.8. The number of likely N-dealkylation sites (tertiary alicyclic amines) is 3. The van der Waals surface area contributed by atoms with Crippen LogP contribution in [0.15, 0.2) is 11.3 Å². The van der Waals surface area contributed by atoms with Gasteiger partial charge in [-0.05, 0) is 78.7 Å². The van der Waals surface area contributed by atoms with Crippen molar-refractivity contribution in [2.24, 2.45) is 4.99 Å². The second-order valence-corrected chi connectivity index (χ2v) is 9.38. The molecule has 0 radical (unpaired) electrons. The fraction of sp³-hybridized carbons (Fsp3) is 0.864. The average molecular weight is 545 g/mol. The topological polar surface area (TPSA) is 75.7 Å². The number of piperidine rings is 3. The number of nitrogens with zero attached hydrogens (tertiary/aromatic N) is 6. The lowest BCUT2D eigenvalue weighted by atomic mass is 9.84. The van der Waals surface area contributed by atoms with Crippen LogP contribution in [0.4, 0.5) is 0 Å². The molecule has 3 saturated heterocycles. The van der Waals surface area contributed by atoms with Crippen LogP contribution in [0.3, 0.4) is 0 Å². The van der Waals surface area contributed by atoms with Crippen molar-refractivity contribution >= 4 is 29.9 Å². The number of aliphatic imine (C=N–C) groups is 1. The highest BCUT2D eigenvalue weighted by molar-refractivity contribution is 14.0. The minimum absolute atomic E-state index is 0. The van der Waals surface area contributed by atoms with Gasteiger partial charge in [-0.25, -0.2) is 4.98 Å². The van der Waals surface area contributed by atoms with E-state index in [2.05, 4.69) is 49.2 Å². The molecule has 4 rings (SSSR count). The minimum Gasteiger partial charge on any atom is -0.357 e. The molecule has 3 aliphatic rings. The van der Waals surface area contributed by atoms with Crippen LogP contribution in [0.25, 0.3) is 0 Å². The van der Waals surface area contributed by atoms with Gasteiger partial charge in [-0.1, -0.05) is 6.42 Å². The normalized spacial score (nSPS) is 24.1. The zero-order chi connectivity index (χ0) is 20.8. The van der Waals surface area contributed by atoms with Crippen molar-refractivity contribution in [1.82, 2.24) is 35.2 Å². The van der Waals surface area contributed by atoms with E-state index in [9.17, 15) is 0 Å². The number of nitrogens with one attached hydrogen (secondary N) is 2. The molecule has 0 aromatic carbocycles. The number of hydrogen-bond donors (Lipinski definition) is 2. The first kappa shape index (κ1) is 24.7. The van der Waals surface area contributed by atoms with E-state index in [0.29, 0.717) is 5.92 Å². The van der Waals surface area contributed by atoms with Crippen LogP contribution < -0.4 is 5.32 Å². The smallest absolute Gasteiger partial charge is 0.193 e. The van der Waals surface area contributed by atoms with E-state index in [1.165, 1.54) is 58.3 Å². The molecule has 3 aliphatic heterocycles. The molecule has 0 bridgehead atoms. The summed E-state index contributed by atoms with van der Waals surface area (Å²) in [5.41, 5.74) is 0.242. The van der Waals surface area contributed by atoms with Gasteiger partial charge in [-0.2, -0.15) is 5.10 Å². The predicted molar refractivity (Wildman–Crippen MR) is 136 cm³/mol. The lowest BCUT2D eigenvalue weighted by Crippen LogP contribution is -2.58. The molecule has 0 aliphatic carbocycles. The highest BCUT2D eigenvalue weighted by Gasteiger charge is 2.39. The second-order valence-electron chi connectivity index (χ2n) is 9.38. The molecule has 4 heterocycles. The summed E-state index contributed by atoms with van der Waals surface area (Å²) in [7, 11) is 2.26. The Morgan fingerprint density at radius 1 is 1.13 bits per heavy atom. The van der Waals surface area contributed by atoms with Gasteiger partial charge in [0.05, 0.1) is 6.54 Å². The van der Waals surface area contributed by atoms with Crippen molar-refractivity contribution in [2.75, 3.05) is 59.4 Å². The Kier molecular flexibility index (Phi) is 9.39. The van der Waals surface area contributed by atoms with Crippen molar-refractivity contribution in [3.05, 3.63) is 12.2 Å². The van der Waals surface area contributed by atoms with Crippen LogP contribution in [0.5, 0.6) is 0 Å². The van der Waals surface area contributed by atoms with E-state index in [1.807, 2.05) is 0 Å². The van der Waals surface area contributed by atoms with Crippen molar-refractivity contribution in [1.29, 1.82) is 0 Å². The Bertz CT molecular complexity index is 657. The SMILES string of the molecule is CCNC(=NCC1(N2CCCCC2)CCN(C)CC1)N1CCC(c2ncn[nH]2)CC1.I. The molecular weight excluding hydrogens is 503 g/mol. The Morgan fingerprint density at radius 2 is 1.84 bits per heavy atom. The summed E-state index contributed by atoms with van der Waals surface area (Å²) in [4.78, 5) is 17.3. The molecule has 2 N–H and O–H groups in total. The number of hydrogen-bond acceptors (Lipinski definition) is 5. The number of halogens is 1. The van der Waals surface area contributed by atoms with E-state index in [4.69, 9.17) is 4.99 Å². The van der Waals surface area contributed by atoms with E-state index in [0.717, 1.165) is 50.8 Å². The highest BCUT2D eigenvalue weighted by Crippen LogP contribution is 2.32. The molecule has 0 atom stereocenters. The standard InChI is InChI=1S/C22H40N8.HI/c1-3-23-21(29-13-7-19(8-14-29)20-25-18-26-27-20)24-17-22(9-15-28(2)16-10-22)30-11-5-4-6-12-30;/h18-19H,3-17H2,1-2H3,(H,23,24)(H,25,26,27);1H. The summed E-state index contributed by atoms with van der Waals surface area (Å²) in [6.45, 7) is 10.9. The Morgan fingerprint density at radius 3 is 2.45 bits per heavy atom. The van der Waals surface area contributed by atoms with Gasteiger partial charge in [0.25, 0.3) is 0 Å². The lowest BCUT2D eigenvalue weighted by Gasteiger charge is -2.49. The third kappa shape index (κ3) is 6.10. The van der Waals surface area contributed by atoms with Crippen molar-refractivity contribution in [3.63, 3.8) is 0 Å². The van der Waals surface area contributed by atoms with Crippen LogP contribution in [-0.4, -0.2) is 101 Å². The van der Waals surface area contributed by atoms with Crippen molar-refractivity contribution < 1.29 is 0 Å². The first-order valence-corrected chi connectivity index (χ1v) is 12.0. The Balaban J connectivity index is 0.00000272. The molecule has 176 valence electrons. The summed E-state index contributed by atoms with van der Waals surface area (Å²) < 4.78 is 0. The maximum absolute atomic E-state index is 5.26. The molecule has 0 saturated carbocycles. The third-order valence-corrected chi connectivity index (χ3v) is 7.42. The molecule has 0 amide bonds. The Hall–Kier alpha value is -0.940. The van der Waals surface area contributed by atoms with Gasteiger partial charge in [-0.3, -0.25) is 15.0 Å². The molecule has 0 unspecified atom stereocenters. The van der Waals surface area contributed by atoms with Crippen molar-refractivity contribution in [3.8, 4) is 0 Å². The summed E-state index contributed by atoms with van der Waals surface area (Å²) >= 11 is 0. The summed E-state index contributed by atoms with van der Waals surface area (Å²) in [6, 6.07) is 0. The fourth-order valence-electron chi connectivity index (χ4n) is 5.40. The predicted octanol–water partition coefficient (Wildman–Crippen LogP) is 2.52. The van der Waals surface area contributed by atoms with Crippen LogP contribution in [0, 0.1) is 0 Å². The lowest BCUT2D eigenvalue weighted by molar-refractivity contribution is 0.0206. The number of aromatic amines is 1. The molecule has 31 heavy (non-hydrogen) atoms. The summed E-state index contributed by atoms with van der Waals surface area (Å²) in [5.74, 6) is 2.62. The molecule has 0 spiro atoms. The zero-order valence-electron chi connectivity index (χ0n) is 19.4. The van der Waals surface area contributed by atoms with Gasteiger partial charge in [0.15, 0.2) is 5.96 Å². The van der Waals surface area contributed by atoms with Crippen LogP contribution in [0.2, 0.25) is 0 Å². The number of H-pyrrole nitrogens is 1. The first-order valence-electron chi connectivity index (χ1n) is 12.0. The number of rotatable bonds is 5. The maximum atomic E-state index is 5.26. The summed E-state index contributed by atoms with van der Waals surface area (Å²) in [6.07, 6.45) is 10.4. The minimum atomic E-state index is 0. The average Bonchev–Trinajstić information content (AvgIpc) is 3.34. The van der Waals surface area contributed by atoms with Crippen molar-refractivity contribution in [2.45, 2.75) is 63.3 Å². The van der Waals surface area contributed by atoms with Gasteiger partial charge in [0.1, 0.15) is 12.2 Å². The number of guanidine groups is 1. The van der Waals surface area contributed by atoms with E-state index in [-0.39, 0.29) is 29.5 Å². The van der Waals surface area contributed by atoms with Gasteiger partial charge in [-0.15, -0.1) is 24.0 Å². The van der Waals surface area contributed by atoms with Crippen LogP contribution in [0.1, 0.15) is 63.6 Å². The molecule has 1 aromatic rings. The van der Waals surface area contributed by atoms with E-state index < -0.39 is 0 Å². The molecule has 9 heteroatoms. The molecule has 1 aromatic heterocycles. The quantitative estimate of drug-likeness (QED) is 0.337. The third-order valence-electron chi connectivity index (χ3n) is 7.42. The zero-order valence-corrected chi connectivity index (χ0v) is 21.7. The highest BCUT2D eigenvalue weighted by atomic mass is 127. The molecular formula is C22H41IN8. The first-order chi connectivity index (χ1) is 14.7. The van der Waals surface area contributed by atoms with Gasteiger partial charge in [0.2, 0.25) is 0 Å². The van der Waals surface area contributed by atoms with E-state index in [1.54, 1.807) is 6.33 Å². The summed E-state index contributed by atoms with van der Waals surface area (Å²) in [5, 5.41) is 10.7. The van der Waals surface area contributed by atoms with Crippen LogP contribution >= 0.6 is 24.0 Å².